The molecule has 154 valence electrons. The van der Waals surface area contributed by atoms with E-state index >= 15 is 0 Å². The third kappa shape index (κ3) is 5.03. The number of carbonyl (C=O) groups excluding carboxylic acids is 1. The van der Waals surface area contributed by atoms with Crippen molar-refractivity contribution in [1.82, 2.24) is 10.2 Å². The van der Waals surface area contributed by atoms with Crippen LogP contribution in [-0.4, -0.2) is 29.2 Å². The molecule has 1 N–H and O–H groups in total. The highest BCUT2D eigenvalue weighted by Gasteiger charge is 2.17. The monoisotopic (exact) mass is 400 g/mol. The predicted molar refractivity (Wildman–Crippen MR) is 122 cm³/mol. The lowest BCUT2D eigenvalue weighted by molar-refractivity contribution is -0.115. The van der Waals surface area contributed by atoms with E-state index in [1.807, 2.05) is 61.5 Å². The minimum atomic E-state index is -0.0217. The lowest BCUT2D eigenvalue weighted by Crippen LogP contribution is -2.33. The smallest absolute Gasteiger partial charge is 0.228 e. The molecule has 0 spiro atoms. The SMILES string of the molecule is Cc1ccc(CC(=O)Nc2ccc(-c3ccc(N4CCC(C)CC4)nn3)cc2)cc1. The third-order valence-electron chi connectivity index (χ3n) is 5.71. The van der Waals surface area contributed by atoms with Gasteiger partial charge in [0.25, 0.3) is 0 Å². The highest BCUT2D eigenvalue weighted by Crippen LogP contribution is 2.24. The second kappa shape index (κ2) is 9.08. The van der Waals surface area contributed by atoms with Gasteiger partial charge in [-0.15, -0.1) is 10.2 Å². The van der Waals surface area contributed by atoms with Gasteiger partial charge in [-0.1, -0.05) is 48.9 Å². The Bertz CT molecular complexity index is 973. The van der Waals surface area contributed by atoms with E-state index in [-0.39, 0.29) is 5.91 Å². The second-order valence-electron chi connectivity index (χ2n) is 8.23. The van der Waals surface area contributed by atoms with Crippen molar-refractivity contribution >= 4 is 17.4 Å². The fraction of sp³-hybridized carbons (Fsp3) is 0.320. The normalized spacial score (nSPS) is 14.5. The van der Waals surface area contributed by atoms with Gasteiger partial charge in [0, 0.05) is 24.3 Å². The van der Waals surface area contributed by atoms with Crippen molar-refractivity contribution in [3.8, 4) is 11.3 Å². The maximum Gasteiger partial charge on any atom is 0.228 e. The minimum Gasteiger partial charge on any atom is -0.355 e. The molecular weight excluding hydrogens is 372 g/mol. The molecule has 5 heteroatoms. The van der Waals surface area contributed by atoms with Gasteiger partial charge in [0.05, 0.1) is 12.1 Å². The van der Waals surface area contributed by atoms with Crippen molar-refractivity contribution < 1.29 is 4.79 Å². The lowest BCUT2D eigenvalue weighted by atomic mass is 9.99. The molecule has 30 heavy (non-hydrogen) atoms. The number of rotatable bonds is 5. The number of aryl methyl sites for hydroxylation is 1. The number of hydrogen-bond donors (Lipinski definition) is 1. The first-order valence-corrected chi connectivity index (χ1v) is 10.6. The van der Waals surface area contributed by atoms with Crippen molar-refractivity contribution in [2.45, 2.75) is 33.1 Å². The van der Waals surface area contributed by atoms with Gasteiger partial charge in [0.1, 0.15) is 0 Å². The summed E-state index contributed by atoms with van der Waals surface area (Å²) in [6, 6.07) is 19.8. The molecule has 0 saturated carbocycles. The maximum atomic E-state index is 12.3. The Labute approximate surface area is 178 Å². The molecule has 0 atom stereocenters. The van der Waals surface area contributed by atoms with Crippen LogP contribution < -0.4 is 10.2 Å². The van der Waals surface area contributed by atoms with Crippen LogP contribution in [0.3, 0.4) is 0 Å². The number of carbonyl (C=O) groups is 1. The average molecular weight is 401 g/mol. The molecule has 0 radical (unpaired) electrons. The van der Waals surface area contributed by atoms with Gasteiger partial charge in [-0.05, 0) is 55.5 Å². The quantitative estimate of drug-likeness (QED) is 0.664. The topological polar surface area (TPSA) is 58.1 Å². The molecule has 0 unspecified atom stereocenters. The van der Waals surface area contributed by atoms with Crippen LogP contribution in [0.25, 0.3) is 11.3 Å². The Hall–Kier alpha value is -3.21. The zero-order valence-corrected chi connectivity index (χ0v) is 17.6. The fourth-order valence-corrected chi connectivity index (χ4v) is 3.71. The first-order chi connectivity index (χ1) is 14.6. The predicted octanol–water partition coefficient (Wildman–Crippen LogP) is 4.87. The summed E-state index contributed by atoms with van der Waals surface area (Å²) < 4.78 is 0. The van der Waals surface area contributed by atoms with Crippen LogP contribution in [-0.2, 0) is 11.2 Å². The molecule has 1 aliphatic heterocycles. The van der Waals surface area contributed by atoms with E-state index in [4.69, 9.17) is 0 Å². The summed E-state index contributed by atoms with van der Waals surface area (Å²) in [6.45, 7) is 6.44. The summed E-state index contributed by atoms with van der Waals surface area (Å²) in [4.78, 5) is 14.6. The molecule has 1 fully saturated rings. The van der Waals surface area contributed by atoms with Crippen molar-refractivity contribution in [3.63, 3.8) is 0 Å². The molecule has 1 saturated heterocycles. The van der Waals surface area contributed by atoms with Gasteiger partial charge in [-0.2, -0.15) is 0 Å². The number of benzene rings is 2. The van der Waals surface area contributed by atoms with E-state index in [9.17, 15) is 4.79 Å². The highest BCUT2D eigenvalue weighted by atomic mass is 16.1. The second-order valence-corrected chi connectivity index (χ2v) is 8.23. The zero-order chi connectivity index (χ0) is 20.9. The van der Waals surface area contributed by atoms with Gasteiger partial charge in [0.15, 0.2) is 5.82 Å². The summed E-state index contributed by atoms with van der Waals surface area (Å²) >= 11 is 0. The van der Waals surface area contributed by atoms with Gasteiger partial charge in [0.2, 0.25) is 5.91 Å². The molecule has 2 heterocycles. The molecule has 0 aliphatic carbocycles. The van der Waals surface area contributed by atoms with Crippen LogP contribution in [0.2, 0.25) is 0 Å². The van der Waals surface area contributed by atoms with Gasteiger partial charge in [-0.3, -0.25) is 4.79 Å². The molecule has 1 aromatic heterocycles. The molecule has 3 aromatic rings. The summed E-state index contributed by atoms with van der Waals surface area (Å²) in [5.74, 6) is 1.72. The molecule has 5 nitrogen and oxygen atoms in total. The largest absolute Gasteiger partial charge is 0.355 e. The molecule has 1 aliphatic rings. The Kier molecular flexibility index (Phi) is 6.07. The average Bonchev–Trinajstić information content (AvgIpc) is 2.77. The highest BCUT2D eigenvalue weighted by molar-refractivity contribution is 5.92. The number of nitrogens with one attached hydrogen (secondary N) is 1. The summed E-state index contributed by atoms with van der Waals surface area (Å²) in [5, 5.41) is 11.8. The summed E-state index contributed by atoms with van der Waals surface area (Å²) in [5.41, 5.74) is 4.80. The molecule has 1 amide bonds. The Morgan fingerprint density at radius 1 is 0.967 bits per heavy atom. The Morgan fingerprint density at radius 3 is 2.30 bits per heavy atom. The number of anilines is 2. The first kappa shape index (κ1) is 20.1. The van der Waals surface area contributed by atoms with Crippen LogP contribution >= 0.6 is 0 Å². The van der Waals surface area contributed by atoms with Gasteiger partial charge in [-0.25, -0.2) is 0 Å². The molecule has 0 bridgehead atoms. The zero-order valence-electron chi connectivity index (χ0n) is 17.6. The Balaban J connectivity index is 1.36. The standard InChI is InChI=1S/C25H28N4O/c1-18-3-5-20(6-4-18)17-25(30)26-22-9-7-21(8-10-22)23-11-12-24(28-27-23)29-15-13-19(2)14-16-29/h3-12,19H,13-17H2,1-2H3,(H,26,30). The van der Waals surface area contributed by atoms with Crippen LogP contribution in [0.1, 0.15) is 30.9 Å². The van der Waals surface area contributed by atoms with E-state index < -0.39 is 0 Å². The van der Waals surface area contributed by atoms with E-state index in [0.717, 1.165) is 47.3 Å². The fourth-order valence-electron chi connectivity index (χ4n) is 3.71. The third-order valence-corrected chi connectivity index (χ3v) is 5.71. The maximum absolute atomic E-state index is 12.3. The summed E-state index contributed by atoms with van der Waals surface area (Å²) in [7, 11) is 0. The van der Waals surface area contributed by atoms with E-state index in [1.54, 1.807) is 0 Å². The van der Waals surface area contributed by atoms with Crippen LogP contribution in [0.15, 0.2) is 60.7 Å². The van der Waals surface area contributed by atoms with Crippen LogP contribution in [0.5, 0.6) is 0 Å². The van der Waals surface area contributed by atoms with Gasteiger partial charge >= 0.3 is 0 Å². The van der Waals surface area contributed by atoms with Crippen LogP contribution in [0, 0.1) is 12.8 Å². The molecule has 2 aromatic carbocycles. The molecular formula is C25H28N4O. The van der Waals surface area contributed by atoms with E-state index in [1.165, 1.54) is 18.4 Å². The first-order valence-electron chi connectivity index (χ1n) is 10.6. The number of aromatic nitrogens is 2. The summed E-state index contributed by atoms with van der Waals surface area (Å²) in [6.07, 6.45) is 2.78. The number of hydrogen-bond acceptors (Lipinski definition) is 4. The number of piperidine rings is 1. The van der Waals surface area contributed by atoms with Gasteiger partial charge < -0.3 is 10.2 Å². The van der Waals surface area contributed by atoms with Crippen molar-refractivity contribution in [2.24, 2.45) is 5.92 Å². The van der Waals surface area contributed by atoms with E-state index in [0.29, 0.717) is 6.42 Å². The molecule has 4 rings (SSSR count). The minimum absolute atomic E-state index is 0.0217. The van der Waals surface area contributed by atoms with Crippen LogP contribution in [0.4, 0.5) is 11.5 Å². The van der Waals surface area contributed by atoms with Crippen molar-refractivity contribution in [2.75, 3.05) is 23.3 Å². The Morgan fingerprint density at radius 2 is 1.67 bits per heavy atom. The van der Waals surface area contributed by atoms with Crippen molar-refractivity contribution in [3.05, 3.63) is 71.8 Å². The lowest BCUT2D eigenvalue weighted by Gasteiger charge is -2.30. The van der Waals surface area contributed by atoms with E-state index in [2.05, 4.69) is 33.4 Å². The number of amides is 1. The van der Waals surface area contributed by atoms with Crippen molar-refractivity contribution in [1.29, 1.82) is 0 Å². The number of nitrogens with zero attached hydrogens (tertiary/aromatic N) is 3.